The van der Waals surface area contributed by atoms with Gasteiger partial charge in [-0.15, -0.1) is 0 Å². The van der Waals surface area contributed by atoms with E-state index < -0.39 is 0 Å². The first kappa shape index (κ1) is 17.2. The van der Waals surface area contributed by atoms with Gasteiger partial charge in [-0.25, -0.2) is 0 Å². The van der Waals surface area contributed by atoms with Crippen LogP contribution in [-0.4, -0.2) is 5.78 Å². The average molecular weight is 282 g/mol. The summed E-state index contributed by atoms with van der Waals surface area (Å²) in [5.74, 6) is 0.0845. The maximum absolute atomic E-state index is 11.6. The predicted molar refractivity (Wildman–Crippen MR) is 92.6 cm³/mol. The Morgan fingerprint density at radius 2 is 1.71 bits per heavy atom. The molecule has 0 aliphatic carbocycles. The first-order valence-corrected chi connectivity index (χ1v) is 7.32. The molecule has 0 fully saturated rings. The van der Waals surface area contributed by atoms with Gasteiger partial charge in [0, 0.05) is 5.56 Å². The number of ketones is 1. The van der Waals surface area contributed by atoms with Crippen molar-refractivity contribution in [1.82, 2.24) is 0 Å². The Balaban J connectivity index is 3.28. The summed E-state index contributed by atoms with van der Waals surface area (Å²) in [4.78, 5) is 11.6. The highest BCUT2D eigenvalue weighted by Crippen LogP contribution is 2.29. The van der Waals surface area contributed by atoms with Crippen LogP contribution in [0.15, 0.2) is 48.6 Å². The zero-order valence-electron chi connectivity index (χ0n) is 14.1. The third-order valence-electron chi connectivity index (χ3n) is 3.40. The molecule has 112 valence electrons. The van der Waals surface area contributed by atoms with E-state index in [4.69, 9.17) is 0 Å². The van der Waals surface area contributed by atoms with Crippen molar-refractivity contribution in [2.75, 3.05) is 0 Å². The van der Waals surface area contributed by atoms with Crippen LogP contribution in [0.25, 0.3) is 5.57 Å². The second kappa shape index (κ2) is 6.71. The van der Waals surface area contributed by atoms with Gasteiger partial charge < -0.3 is 0 Å². The van der Waals surface area contributed by atoms with E-state index in [0.29, 0.717) is 0 Å². The van der Waals surface area contributed by atoms with Gasteiger partial charge in [0.25, 0.3) is 0 Å². The molecule has 0 amide bonds. The van der Waals surface area contributed by atoms with Crippen molar-refractivity contribution in [2.24, 2.45) is 5.41 Å². The SMILES string of the molecule is C=C(/C=C(\C=C/C)C(C)(C)C)c1cc(C)cc(C(C)=O)c1. The highest BCUT2D eigenvalue weighted by molar-refractivity contribution is 5.95. The minimum absolute atomic E-state index is 0.0582. The van der Waals surface area contributed by atoms with E-state index in [1.807, 2.05) is 32.1 Å². The van der Waals surface area contributed by atoms with E-state index in [1.54, 1.807) is 6.92 Å². The zero-order valence-corrected chi connectivity index (χ0v) is 14.1. The first-order valence-electron chi connectivity index (χ1n) is 7.32. The van der Waals surface area contributed by atoms with Crippen molar-refractivity contribution in [2.45, 2.75) is 41.5 Å². The summed E-state index contributed by atoms with van der Waals surface area (Å²) in [5, 5.41) is 0. The fraction of sp³-hybridized carbons (Fsp3) is 0.350. The van der Waals surface area contributed by atoms with Gasteiger partial charge in [-0.1, -0.05) is 51.6 Å². The lowest BCUT2D eigenvalue weighted by Crippen LogP contribution is -2.07. The van der Waals surface area contributed by atoms with Crippen LogP contribution in [0.5, 0.6) is 0 Å². The molecule has 0 spiro atoms. The molecule has 0 aliphatic heterocycles. The van der Waals surface area contributed by atoms with Crippen LogP contribution >= 0.6 is 0 Å². The standard InChI is InChI=1S/C20H26O/c1-8-9-19(20(5,6)7)12-15(3)17-10-14(2)11-18(13-17)16(4)21/h8-13H,3H2,1-2,4-7H3/b9-8-,19-12+. The molecular formula is C20H26O. The molecule has 1 heteroatoms. The summed E-state index contributed by atoms with van der Waals surface area (Å²) in [6.45, 7) is 16.3. The number of benzene rings is 1. The number of aryl methyl sites for hydroxylation is 1. The Hall–Kier alpha value is -1.89. The summed E-state index contributed by atoms with van der Waals surface area (Å²) in [6, 6.07) is 5.91. The minimum atomic E-state index is 0.0582. The van der Waals surface area contributed by atoms with Crippen LogP contribution in [-0.2, 0) is 0 Å². The van der Waals surface area contributed by atoms with Crippen molar-refractivity contribution < 1.29 is 4.79 Å². The second-order valence-corrected chi connectivity index (χ2v) is 6.52. The fourth-order valence-corrected chi connectivity index (χ4v) is 2.14. The van der Waals surface area contributed by atoms with Crippen LogP contribution in [0.4, 0.5) is 0 Å². The highest BCUT2D eigenvalue weighted by atomic mass is 16.1. The van der Waals surface area contributed by atoms with Gasteiger partial charge in [0.15, 0.2) is 5.78 Å². The third-order valence-corrected chi connectivity index (χ3v) is 3.40. The topological polar surface area (TPSA) is 17.1 Å². The van der Waals surface area contributed by atoms with Crippen LogP contribution < -0.4 is 0 Å². The molecule has 0 heterocycles. The van der Waals surface area contributed by atoms with Crippen LogP contribution in [0.2, 0.25) is 0 Å². The molecule has 0 N–H and O–H groups in total. The van der Waals surface area contributed by atoms with Crippen molar-refractivity contribution >= 4 is 11.4 Å². The molecule has 1 aromatic rings. The molecule has 0 aliphatic rings. The fourth-order valence-electron chi connectivity index (χ4n) is 2.14. The van der Waals surface area contributed by atoms with Gasteiger partial charge in [-0.2, -0.15) is 0 Å². The Labute approximate surface area is 129 Å². The van der Waals surface area contributed by atoms with Crippen LogP contribution in [0.3, 0.4) is 0 Å². The molecule has 0 radical (unpaired) electrons. The molecular weight excluding hydrogens is 256 g/mol. The zero-order chi connectivity index (χ0) is 16.2. The summed E-state index contributed by atoms with van der Waals surface area (Å²) in [5.41, 5.74) is 5.04. The molecule has 0 saturated carbocycles. The summed E-state index contributed by atoms with van der Waals surface area (Å²) < 4.78 is 0. The van der Waals surface area contributed by atoms with Gasteiger partial charge in [0.05, 0.1) is 0 Å². The minimum Gasteiger partial charge on any atom is -0.295 e. The van der Waals surface area contributed by atoms with Crippen LogP contribution in [0, 0.1) is 12.3 Å². The quantitative estimate of drug-likeness (QED) is 0.507. The number of carbonyl (C=O) groups excluding carboxylic acids is 1. The predicted octanol–water partition coefficient (Wildman–Crippen LogP) is 5.76. The lowest BCUT2D eigenvalue weighted by Gasteiger charge is -2.21. The molecule has 21 heavy (non-hydrogen) atoms. The van der Waals surface area contributed by atoms with Gasteiger partial charge >= 0.3 is 0 Å². The van der Waals surface area contributed by atoms with E-state index in [9.17, 15) is 4.79 Å². The van der Waals surface area contributed by atoms with Gasteiger partial charge in [-0.3, -0.25) is 4.79 Å². The molecule has 1 rings (SSSR count). The van der Waals surface area contributed by atoms with E-state index in [2.05, 4.69) is 45.6 Å². The lowest BCUT2D eigenvalue weighted by molar-refractivity contribution is 0.101. The Morgan fingerprint density at radius 1 is 1.14 bits per heavy atom. The molecule has 0 unspecified atom stereocenters. The maximum Gasteiger partial charge on any atom is 0.159 e. The molecule has 0 atom stereocenters. The number of carbonyl (C=O) groups is 1. The summed E-state index contributed by atoms with van der Waals surface area (Å²) >= 11 is 0. The monoisotopic (exact) mass is 282 g/mol. The summed E-state index contributed by atoms with van der Waals surface area (Å²) in [6.07, 6.45) is 6.27. The molecule has 0 saturated heterocycles. The van der Waals surface area contributed by atoms with Gasteiger partial charge in [-0.05, 0) is 60.6 Å². The molecule has 0 bridgehead atoms. The van der Waals surface area contributed by atoms with E-state index in [-0.39, 0.29) is 11.2 Å². The third kappa shape index (κ3) is 4.86. The van der Waals surface area contributed by atoms with Crippen molar-refractivity contribution in [3.8, 4) is 0 Å². The number of allylic oxidation sites excluding steroid dienone is 5. The lowest BCUT2D eigenvalue weighted by atomic mass is 9.84. The van der Waals surface area contributed by atoms with Gasteiger partial charge in [0.1, 0.15) is 0 Å². The first-order chi connectivity index (χ1) is 9.65. The maximum atomic E-state index is 11.6. The van der Waals surface area contributed by atoms with Crippen molar-refractivity contribution in [3.05, 3.63) is 65.3 Å². The summed E-state index contributed by atoms with van der Waals surface area (Å²) in [7, 11) is 0. The second-order valence-electron chi connectivity index (χ2n) is 6.52. The normalized spacial score (nSPS) is 12.8. The Bertz CT molecular complexity index is 607. The largest absolute Gasteiger partial charge is 0.295 e. The molecule has 1 aromatic carbocycles. The van der Waals surface area contributed by atoms with E-state index >= 15 is 0 Å². The van der Waals surface area contributed by atoms with Crippen LogP contribution in [0.1, 0.15) is 56.1 Å². The number of hydrogen-bond donors (Lipinski definition) is 0. The number of rotatable bonds is 4. The average Bonchev–Trinajstić information content (AvgIpc) is 2.36. The Morgan fingerprint density at radius 3 is 2.19 bits per heavy atom. The van der Waals surface area contributed by atoms with Crippen molar-refractivity contribution in [3.63, 3.8) is 0 Å². The molecule has 0 aromatic heterocycles. The van der Waals surface area contributed by atoms with E-state index in [1.165, 1.54) is 5.57 Å². The van der Waals surface area contributed by atoms with Crippen molar-refractivity contribution in [1.29, 1.82) is 0 Å². The smallest absolute Gasteiger partial charge is 0.159 e. The number of hydrogen-bond acceptors (Lipinski definition) is 1. The Kier molecular flexibility index (Phi) is 5.48. The number of Topliss-reactive ketones (excluding diaryl/α,β-unsaturated/α-hetero) is 1. The molecule has 1 nitrogen and oxygen atoms in total. The highest BCUT2D eigenvalue weighted by Gasteiger charge is 2.15. The van der Waals surface area contributed by atoms with Gasteiger partial charge in [0.2, 0.25) is 0 Å². The van der Waals surface area contributed by atoms with E-state index in [0.717, 1.165) is 22.3 Å².